The summed E-state index contributed by atoms with van der Waals surface area (Å²) in [6.07, 6.45) is 4.69. The zero-order valence-electron chi connectivity index (χ0n) is 13.1. The van der Waals surface area contributed by atoms with Crippen LogP contribution in [0.3, 0.4) is 0 Å². The topological polar surface area (TPSA) is 68.5 Å². The first-order valence-corrected chi connectivity index (χ1v) is 7.39. The number of carbonyl (C=O) groups excluding carboxylic acids is 1. The highest BCUT2D eigenvalue weighted by atomic mass is 16.7. The van der Waals surface area contributed by atoms with Crippen LogP contribution in [0.1, 0.15) is 12.5 Å². The summed E-state index contributed by atoms with van der Waals surface area (Å²) in [5.74, 6) is 0. The molecule has 6 heteroatoms. The molecule has 3 aromatic rings. The number of imidazole rings is 1. The number of para-hydroxylation sites is 1. The van der Waals surface area contributed by atoms with Crippen LogP contribution in [0.4, 0.5) is 10.5 Å². The van der Waals surface area contributed by atoms with Crippen molar-refractivity contribution in [3.8, 4) is 5.69 Å². The Labute approximate surface area is 139 Å². The number of aromatic nitrogens is 2. The lowest BCUT2D eigenvalue weighted by atomic mass is 10.1. The van der Waals surface area contributed by atoms with E-state index in [1.54, 1.807) is 31.6 Å². The van der Waals surface area contributed by atoms with Crippen molar-refractivity contribution in [3.05, 3.63) is 78.9 Å². The maximum atomic E-state index is 11.7. The van der Waals surface area contributed by atoms with Gasteiger partial charge in [0.1, 0.15) is 0 Å². The molecule has 2 aromatic carbocycles. The number of anilines is 1. The zero-order chi connectivity index (χ0) is 16.8. The van der Waals surface area contributed by atoms with E-state index in [0.29, 0.717) is 11.4 Å². The van der Waals surface area contributed by atoms with Crippen LogP contribution < -0.4 is 5.32 Å². The Morgan fingerprint density at radius 2 is 1.88 bits per heavy atom. The smallest absolute Gasteiger partial charge is 0.306 e. The summed E-state index contributed by atoms with van der Waals surface area (Å²) in [5, 5.41) is 6.47. The second kappa shape index (κ2) is 7.23. The third kappa shape index (κ3) is 3.86. The largest absolute Gasteiger partial charge is 0.437 e. The van der Waals surface area contributed by atoms with Gasteiger partial charge in [-0.2, -0.15) is 0 Å². The number of hydrogen-bond donors (Lipinski definition) is 1. The van der Waals surface area contributed by atoms with Gasteiger partial charge in [-0.25, -0.2) is 9.78 Å². The van der Waals surface area contributed by atoms with E-state index in [9.17, 15) is 4.79 Å². The van der Waals surface area contributed by atoms with Crippen LogP contribution in [0.5, 0.6) is 0 Å². The van der Waals surface area contributed by atoms with Gasteiger partial charge >= 0.3 is 6.09 Å². The highest BCUT2D eigenvalue weighted by Crippen LogP contribution is 2.11. The molecule has 0 spiro atoms. The Balaban J connectivity index is 1.62. The fourth-order valence-electron chi connectivity index (χ4n) is 2.11. The van der Waals surface area contributed by atoms with Gasteiger partial charge in [0.25, 0.3) is 0 Å². The molecular weight excluding hydrogens is 304 g/mol. The molecule has 0 saturated carbocycles. The van der Waals surface area contributed by atoms with Crippen molar-refractivity contribution in [2.45, 2.75) is 6.92 Å². The molecule has 1 aromatic heterocycles. The van der Waals surface area contributed by atoms with Crippen molar-refractivity contribution in [2.75, 3.05) is 5.32 Å². The van der Waals surface area contributed by atoms with E-state index in [-0.39, 0.29) is 0 Å². The lowest BCUT2D eigenvalue weighted by Gasteiger charge is -2.05. The van der Waals surface area contributed by atoms with E-state index < -0.39 is 6.09 Å². The normalized spacial score (nSPS) is 11.1. The molecule has 0 atom stereocenters. The summed E-state index contributed by atoms with van der Waals surface area (Å²) in [4.78, 5) is 20.6. The van der Waals surface area contributed by atoms with Crippen LogP contribution in [-0.4, -0.2) is 21.4 Å². The van der Waals surface area contributed by atoms with Gasteiger partial charge in [0.15, 0.2) is 0 Å². The Morgan fingerprint density at radius 1 is 1.12 bits per heavy atom. The third-order valence-electron chi connectivity index (χ3n) is 3.37. The zero-order valence-corrected chi connectivity index (χ0v) is 13.1. The molecular formula is C18H16N4O2. The van der Waals surface area contributed by atoms with Crippen LogP contribution in [0.25, 0.3) is 5.69 Å². The summed E-state index contributed by atoms with van der Waals surface area (Å²) in [5.41, 5.74) is 3.12. The number of carbonyl (C=O) groups is 1. The number of benzene rings is 2. The van der Waals surface area contributed by atoms with Gasteiger partial charge in [0.05, 0.1) is 12.0 Å². The summed E-state index contributed by atoms with van der Waals surface area (Å²) < 4.78 is 1.90. The highest BCUT2D eigenvalue weighted by molar-refractivity contribution is 5.99. The molecule has 24 heavy (non-hydrogen) atoms. The van der Waals surface area contributed by atoms with Gasteiger partial charge in [-0.05, 0) is 36.8 Å². The van der Waals surface area contributed by atoms with E-state index in [4.69, 9.17) is 4.84 Å². The number of oxime groups is 1. The van der Waals surface area contributed by atoms with Crippen molar-refractivity contribution >= 4 is 17.5 Å². The summed E-state index contributed by atoms with van der Waals surface area (Å²) >= 11 is 0. The molecule has 1 N–H and O–H groups in total. The van der Waals surface area contributed by atoms with Gasteiger partial charge in [-0.3, -0.25) is 10.2 Å². The lowest BCUT2D eigenvalue weighted by Crippen LogP contribution is -2.11. The Kier molecular flexibility index (Phi) is 4.67. The summed E-state index contributed by atoms with van der Waals surface area (Å²) in [6.45, 7) is 1.78. The van der Waals surface area contributed by atoms with E-state index >= 15 is 0 Å². The number of amides is 1. The van der Waals surface area contributed by atoms with Crippen molar-refractivity contribution in [2.24, 2.45) is 5.16 Å². The second-order valence-corrected chi connectivity index (χ2v) is 5.06. The standard InChI is InChI=1S/C18H16N4O2/c1-14(21-24-18(23)20-16-5-3-2-4-6-16)15-7-9-17(10-8-15)22-12-11-19-13-22/h2-13H,1H3,(H,20,23)/b21-14-. The summed E-state index contributed by atoms with van der Waals surface area (Å²) in [7, 11) is 0. The fourth-order valence-corrected chi connectivity index (χ4v) is 2.11. The maximum Gasteiger partial charge on any atom is 0.437 e. The molecule has 6 nitrogen and oxygen atoms in total. The molecule has 0 radical (unpaired) electrons. The van der Waals surface area contributed by atoms with Gasteiger partial charge < -0.3 is 4.57 Å². The molecule has 0 fully saturated rings. The average Bonchev–Trinajstić information content (AvgIpc) is 3.15. The van der Waals surface area contributed by atoms with Gasteiger partial charge in [0, 0.05) is 23.8 Å². The molecule has 0 saturated heterocycles. The van der Waals surface area contributed by atoms with E-state index in [2.05, 4.69) is 15.5 Å². The monoisotopic (exact) mass is 320 g/mol. The van der Waals surface area contributed by atoms with Gasteiger partial charge in [-0.15, -0.1) is 0 Å². The number of nitrogens with zero attached hydrogens (tertiary/aromatic N) is 3. The minimum absolute atomic E-state index is 0.607. The Morgan fingerprint density at radius 3 is 2.54 bits per heavy atom. The number of nitrogens with one attached hydrogen (secondary N) is 1. The number of rotatable bonds is 4. The quantitative estimate of drug-likeness (QED) is 0.451. The van der Waals surface area contributed by atoms with E-state index in [1.165, 1.54) is 0 Å². The summed E-state index contributed by atoms with van der Waals surface area (Å²) in [6, 6.07) is 16.8. The third-order valence-corrected chi connectivity index (χ3v) is 3.37. The highest BCUT2D eigenvalue weighted by Gasteiger charge is 2.04. The average molecular weight is 320 g/mol. The van der Waals surface area contributed by atoms with E-state index in [0.717, 1.165) is 11.3 Å². The van der Waals surface area contributed by atoms with Crippen LogP contribution in [-0.2, 0) is 4.84 Å². The first-order valence-electron chi connectivity index (χ1n) is 7.39. The maximum absolute atomic E-state index is 11.7. The predicted octanol–water partition coefficient (Wildman–Crippen LogP) is 3.85. The lowest BCUT2D eigenvalue weighted by molar-refractivity contribution is 0.166. The van der Waals surface area contributed by atoms with E-state index in [1.807, 2.05) is 53.2 Å². The van der Waals surface area contributed by atoms with Crippen molar-refractivity contribution < 1.29 is 9.63 Å². The van der Waals surface area contributed by atoms with Crippen molar-refractivity contribution in [3.63, 3.8) is 0 Å². The minimum Gasteiger partial charge on any atom is -0.306 e. The molecule has 0 aliphatic rings. The van der Waals surface area contributed by atoms with Crippen LogP contribution in [0, 0.1) is 0 Å². The minimum atomic E-state index is -0.629. The second-order valence-electron chi connectivity index (χ2n) is 5.06. The van der Waals surface area contributed by atoms with Crippen molar-refractivity contribution in [1.29, 1.82) is 0 Å². The molecule has 0 bridgehead atoms. The molecule has 3 rings (SSSR count). The van der Waals surface area contributed by atoms with Crippen LogP contribution >= 0.6 is 0 Å². The van der Waals surface area contributed by atoms with Gasteiger partial charge in [0.2, 0.25) is 0 Å². The fraction of sp³-hybridized carbons (Fsp3) is 0.0556. The molecule has 0 unspecified atom stereocenters. The Bertz CT molecular complexity index is 825. The molecule has 0 aliphatic carbocycles. The van der Waals surface area contributed by atoms with Crippen molar-refractivity contribution in [1.82, 2.24) is 9.55 Å². The van der Waals surface area contributed by atoms with Crippen LogP contribution in [0.15, 0.2) is 78.5 Å². The molecule has 1 heterocycles. The molecule has 120 valence electrons. The first kappa shape index (κ1) is 15.5. The predicted molar refractivity (Wildman–Crippen MR) is 92.3 cm³/mol. The number of hydrogen-bond acceptors (Lipinski definition) is 4. The first-order chi connectivity index (χ1) is 11.7. The Hall–Kier alpha value is -3.41. The SMILES string of the molecule is C/C(=N/OC(=O)Nc1ccccc1)c1ccc(-n2ccnc2)cc1. The van der Waals surface area contributed by atoms with Crippen LogP contribution in [0.2, 0.25) is 0 Å². The molecule has 0 aliphatic heterocycles. The molecule has 1 amide bonds. The van der Waals surface area contributed by atoms with Gasteiger partial charge in [-0.1, -0.05) is 35.5 Å².